The van der Waals surface area contributed by atoms with Gasteiger partial charge in [-0.05, 0) is 116 Å². The minimum absolute atomic E-state index is 1.07. The van der Waals surface area contributed by atoms with E-state index in [0.29, 0.717) is 0 Å². The maximum atomic E-state index is 3.71. The first-order chi connectivity index (χ1) is 15.7. The Balaban J connectivity index is 1.76. The van der Waals surface area contributed by atoms with Crippen molar-refractivity contribution >= 4 is 53.4 Å². The lowest BCUT2D eigenvalue weighted by molar-refractivity contribution is 0.976. The zero-order chi connectivity index (χ0) is 21.4. The lowest BCUT2D eigenvalue weighted by Crippen LogP contribution is -1.94. The predicted octanol–water partition coefficient (Wildman–Crippen LogP) is 9.05. The normalized spacial score (nSPS) is 14.1. The van der Waals surface area contributed by atoms with E-state index in [-0.39, 0.29) is 0 Å². The summed E-state index contributed by atoms with van der Waals surface area (Å²) in [5, 5.41) is 5.70. The van der Waals surface area contributed by atoms with Gasteiger partial charge in [-0.15, -0.1) is 0 Å². The number of hydrogen-bond donors (Lipinski definition) is 0. The van der Waals surface area contributed by atoms with Gasteiger partial charge < -0.3 is 0 Å². The zero-order valence-corrected chi connectivity index (χ0v) is 20.7. The Labute approximate surface area is 204 Å². The van der Waals surface area contributed by atoms with Crippen LogP contribution in [0.5, 0.6) is 0 Å². The van der Waals surface area contributed by atoms with Gasteiger partial charge >= 0.3 is 0 Å². The van der Waals surface area contributed by atoms with Crippen LogP contribution < -0.4 is 0 Å². The van der Waals surface area contributed by atoms with E-state index < -0.39 is 0 Å². The van der Waals surface area contributed by atoms with E-state index in [4.69, 9.17) is 0 Å². The van der Waals surface area contributed by atoms with E-state index in [1.54, 1.807) is 0 Å². The molecule has 2 heteroatoms. The van der Waals surface area contributed by atoms with Gasteiger partial charge in [0, 0.05) is 8.95 Å². The highest BCUT2D eigenvalue weighted by atomic mass is 79.9. The number of rotatable bonds is 0. The third-order valence-corrected chi connectivity index (χ3v) is 8.33. The van der Waals surface area contributed by atoms with E-state index in [9.17, 15) is 0 Å². The average molecular weight is 540 g/mol. The first kappa shape index (κ1) is 19.1. The van der Waals surface area contributed by atoms with Crippen molar-refractivity contribution < 1.29 is 0 Å². The van der Waals surface area contributed by atoms with Gasteiger partial charge in [0.2, 0.25) is 0 Å². The Morgan fingerprint density at radius 1 is 0.469 bits per heavy atom. The number of halogens is 2. The van der Waals surface area contributed by atoms with E-state index in [1.165, 1.54) is 66.1 Å². The van der Waals surface area contributed by atoms with Gasteiger partial charge in [-0.2, -0.15) is 0 Å². The molecule has 0 amide bonds. The summed E-state index contributed by atoms with van der Waals surface area (Å²) in [4.78, 5) is 0. The molecule has 2 aliphatic carbocycles. The van der Waals surface area contributed by atoms with Gasteiger partial charge in [0.1, 0.15) is 0 Å². The van der Waals surface area contributed by atoms with Crippen LogP contribution in [0.1, 0.15) is 22.3 Å². The highest BCUT2D eigenvalue weighted by molar-refractivity contribution is 9.10. The molecule has 0 heterocycles. The molecule has 0 aliphatic heterocycles. The Morgan fingerprint density at radius 3 is 1.38 bits per heavy atom. The lowest BCUT2D eigenvalue weighted by Gasteiger charge is -2.20. The number of aryl methyl sites for hydroxylation is 4. The SMILES string of the molecule is Brc1ccc2c(c1)CCc1cccc3c4c5c(cccc5c-2c13)CCc1cc(Br)ccc1-4. The summed E-state index contributed by atoms with van der Waals surface area (Å²) in [6.07, 6.45) is 4.29. The molecule has 0 saturated carbocycles. The molecule has 0 nitrogen and oxygen atoms in total. The molecule has 0 aromatic heterocycles. The summed E-state index contributed by atoms with van der Waals surface area (Å²) in [6.45, 7) is 0. The molecule has 154 valence electrons. The Hall–Kier alpha value is -2.42. The fourth-order valence-electron chi connectivity index (χ4n) is 6.02. The van der Waals surface area contributed by atoms with Crippen molar-refractivity contribution in [1.29, 1.82) is 0 Å². The van der Waals surface area contributed by atoms with Crippen LogP contribution in [0, 0.1) is 0 Å². The van der Waals surface area contributed by atoms with Crippen LogP contribution >= 0.6 is 31.9 Å². The summed E-state index contributed by atoms with van der Waals surface area (Å²) in [7, 11) is 0. The van der Waals surface area contributed by atoms with Gasteiger partial charge in [0.25, 0.3) is 0 Å². The van der Waals surface area contributed by atoms with Crippen LogP contribution in [0.2, 0.25) is 0 Å². The first-order valence-electron chi connectivity index (χ1n) is 11.3. The first-order valence-corrected chi connectivity index (χ1v) is 12.8. The molecule has 0 N–H and O–H groups in total. The van der Waals surface area contributed by atoms with Crippen LogP contribution in [-0.4, -0.2) is 0 Å². The van der Waals surface area contributed by atoms with E-state index in [1.807, 2.05) is 0 Å². The molecule has 32 heavy (non-hydrogen) atoms. The highest BCUT2D eigenvalue weighted by Crippen LogP contribution is 2.50. The standard InChI is InChI=1S/C30H20Br2/c31-21-11-13-23-20(16-21)10-8-18-4-2-6-26-28(18)29(23)25-5-1-3-17-7-9-19-15-22(32)12-14-24(19)30(26)27(17)25/h1-6,11-16H,7-10H2. The second-order valence-electron chi connectivity index (χ2n) is 9.03. The molecule has 0 spiro atoms. The summed E-state index contributed by atoms with van der Waals surface area (Å²) < 4.78 is 2.33. The summed E-state index contributed by atoms with van der Waals surface area (Å²) in [5.41, 5.74) is 11.5. The highest BCUT2D eigenvalue weighted by Gasteiger charge is 2.26. The zero-order valence-electron chi connectivity index (χ0n) is 17.5. The third-order valence-electron chi connectivity index (χ3n) is 7.34. The van der Waals surface area contributed by atoms with Gasteiger partial charge in [-0.25, -0.2) is 0 Å². The molecular formula is C30H20Br2. The van der Waals surface area contributed by atoms with Crippen molar-refractivity contribution in [3.8, 4) is 22.3 Å². The third kappa shape index (κ3) is 2.66. The summed E-state index contributed by atoms with van der Waals surface area (Å²) in [5.74, 6) is 0. The second-order valence-corrected chi connectivity index (χ2v) is 10.9. The van der Waals surface area contributed by atoms with Gasteiger partial charge in [-0.3, -0.25) is 0 Å². The van der Waals surface area contributed by atoms with Crippen LogP contribution in [0.4, 0.5) is 0 Å². The maximum absolute atomic E-state index is 3.71. The fourth-order valence-corrected chi connectivity index (χ4v) is 6.83. The molecule has 7 rings (SSSR count). The minimum atomic E-state index is 1.07. The number of hydrogen-bond acceptors (Lipinski definition) is 0. The van der Waals surface area contributed by atoms with Crippen LogP contribution in [0.3, 0.4) is 0 Å². The van der Waals surface area contributed by atoms with Crippen molar-refractivity contribution in [2.75, 3.05) is 0 Å². The Bertz CT molecular complexity index is 1470. The minimum Gasteiger partial charge on any atom is -0.0613 e. The van der Waals surface area contributed by atoms with Crippen molar-refractivity contribution in [2.45, 2.75) is 25.7 Å². The topological polar surface area (TPSA) is 0 Å². The monoisotopic (exact) mass is 538 g/mol. The number of benzene rings is 5. The second kappa shape index (κ2) is 7.04. The molecular weight excluding hydrogens is 520 g/mol. The largest absolute Gasteiger partial charge is 0.0613 e. The smallest absolute Gasteiger partial charge is 0.0178 e. The van der Waals surface area contributed by atoms with Crippen molar-refractivity contribution in [3.05, 3.63) is 104 Å². The molecule has 0 atom stereocenters. The molecule has 2 aliphatic rings. The molecule has 5 aromatic carbocycles. The number of fused-ring (bicyclic) bond motifs is 6. The maximum Gasteiger partial charge on any atom is 0.0178 e. The molecule has 0 unspecified atom stereocenters. The summed E-state index contributed by atoms with van der Waals surface area (Å²) in [6, 6.07) is 27.6. The van der Waals surface area contributed by atoms with Crippen LogP contribution in [-0.2, 0) is 25.7 Å². The van der Waals surface area contributed by atoms with Crippen molar-refractivity contribution in [3.63, 3.8) is 0 Å². The Kier molecular flexibility index (Phi) is 4.20. The Morgan fingerprint density at radius 2 is 0.906 bits per heavy atom. The van der Waals surface area contributed by atoms with Gasteiger partial charge in [-0.1, -0.05) is 80.4 Å². The predicted molar refractivity (Wildman–Crippen MR) is 143 cm³/mol. The van der Waals surface area contributed by atoms with E-state index in [2.05, 4.69) is 105 Å². The molecule has 5 aromatic rings. The van der Waals surface area contributed by atoms with Crippen molar-refractivity contribution in [1.82, 2.24) is 0 Å². The molecule has 0 radical (unpaired) electrons. The average Bonchev–Trinajstić information content (AvgIpc) is 3.07. The van der Waals surface area contributed by atoms with Gasteiger partial charge in [0.05, 0.1) is 0 Å². The van der Waals surface area contributed by atoms with E-state index in [0.717, 1.165) is 34.6 Å². The van der Waals surface area contributed by atoms with E-state index >= 15 is 0 Å². The fraction of sp³-hybridized carbons (Fsp3) is 0.133. The molecule has 0 saturated heterocycles. The van der Waals surface area contributed by atoms with Crippen molar-refractivity contribution in [2.24, 2.45) is 0 Å². The molecule has 0 bridgehead atoms. The lowest BCUT2D eigenvalue weighted by atomic mass is 9.83. The van der Waals surface area contributed by atoms with Crippen LogP contribution in [0.25, 0.3) is 43.8 Å². The van der Waals surface area contributed by atoms with Crippen LogP contribution in [0.15, 0.2) is 81.7 Å². The molecule has 0 fully saturated rings. The quantitative estimate of drug-likeness (QED) is 0.172. The van der Waals surface area contributed by atoms with Gasteiger partial charge in [0.15, 0.2) is 0 Å². The summed E-state index contributed by atoms with van der Waals surface area (Å²) >= 11 is 7.42.